The van der Waals surface area contributed by atoms with Crippen molar-refractivity contribution in [1.29, 1.82) is 0 Å². The van der Waals surface area contributed by atoms with Gasteiger partial charge in [0, 0.05) is 24.2 Å². The van der Waals surface area contributed by atoms with Crippen molar-refractivity contribution in [3.63, 3.8) is 0 Å². The summed E-state index contributed by atoms with van der Waals surface area (Å²) >= 11 is 6.17. The third kappa shape index (κ3) is 5.09. The fourth-order valence-corrected chi connectivity index (χ4v) is 6.00. The first kappa shape index (κ1) is 24.9. The third-order valence-electron chi connectivity index (χ3n) is 7.23. The Labute approximate surface area is 208 Å². The Kier molecular flexibility index (Phi) is 6.95. The molecule has 9 heteroatoms. The topological polar surface area (TPSA) is 85.3 Å². The lowest BCUT2D eigenvalue weighted by molar-refractivity contribution is 0.0925. The zero-order valence-electron chi connectivity index (χ0n) is 20.7. The van der Waals surface area contributed by atoms with E-state index in [0.717, 1.165) is 18.4 Å². The predicted molar refractivity (Wildman–Crippen MR) is 135 cm³/mol. The van der Waals surface area contributed by atoms with E-state index in [0.29, 0.717) is 28.7 Å². The van der Waals surface area contributed by atoms with Crippen LogP contribution >= 0.6 is 11.6 Å². The first-order valence-electron chi connectivity index (χ1n) is 11.9. The van der Waals surface area contributed by atoms with Crippen molar-refractivity contribution in [2.24, 2.45) is 11.8 Å². The maximum Gasteiger partial charge on any atom is 0.475 e. The Morgan fingerprint density at radius 3 is 2.47 bits per heavy atom. The minimum atomic E-state index is -0.871. The SMILES string of the molecule is CNC(=O)c1cc(C(=O)NC2[C@H]3CC(O[Si+](C)C(C)(C)C)C[C@@H]23)n([C@@H](C)c2cccc(Cl)c2)n1. The molecule has 2 fully saturated rings. The maximum absolute atomic E-state index is 13.3. The second kappa shape index (κ2) is 9.47. The highest BCUT2D eigenvalue weighted by Gasteiger charge is 2.59. The Bertz CT molecular complexity index is 1070. The van der Waals surface area contributed by atoms with Crippen LogP contribution in [-0.4, -0.2) is 49.8 Å². The van der Waals surface area contributed by atoms with Crippen LogP contribution in [0.15, 0.2) is 30.3 Å². The highest BCUT2D eigenvalue weighted by atomic mass is 35.5. The maximum atomic E-state index is 13.3. The third-order valence-corrected chi connectivity index (χ3v) is 10.3. The zero-order valence-corrected chi connectivity index (χ0v) is 22.4. The molecule has 2 amide bonds. The van der Waals surface area contributed by atoms with Gasteiger partial charge in [0.25, 0.3) is 11.8 Å². The average molecular weight is 502 g/mol. The lowest BCUT2D eigenvalue weighted by atomic mass is 10.1. The van der Waals surface area contributed by atoms with E-state index >= 15 is 0 Å². The highest BCUT2D eigenvalue weighted by molar-refractivity contribution is 6.53. The standard InChI is InChI=1S/C25H33ClN4O3Si/c1-14(15-8-7-9-16(26)10-15)30-21(13-20(29-30)23(31)27-5)24(32)28-22-18-11-17(12-19(18)22)33-34(6)25(2,3)4/h7-10,13-14,17-19,22H,11-12H2,1-6H3,(H-,27,28,31,32)/p+1/t14-,17?,18-,19+,22?/m0/s1. The lowest BCUT2D eigenvalue weighted by Gasteiger charge is -2.18. The molecule has 34 heavy (non-hydrogen) atoms. The minimum Gasteiger partial charge on any atom is -0.354 e. The van der Waals surface area contributed by atoms with Gasteiger partial charge in [-0.15, -0.1) is 0 Å². The second-order valence-corrected chi connectivity index (χ2v) is 13.8. The van der Waals surface area contributed by atoms with Crippen molar-refractivity contribution < 1.29 is 14.0 Å². The van der Waals surface area contributed by atoms with Gasteiger partial charge in [-0.3, -0.25) is 14.3 Å². The zero-order chi connectivity index (χ0) is 24.8. The van der Waals surface area contributed by atoms with Crippen molar-refractivity contribution in [2.75, 3.05) is 7.05 Å². The first-order chi connectivity index (χ1) is 16.0. The van der Waals surface area contributed by atoms with E-state index in [1.165, 1.54) is 0 Å². The van der Waals surface area contributed by atoms with E-state index in [9.17, 15) is 9.59 Å². The van der Waals surface area contributed by atoms with E-state index in [4.69, 9.17) is 16.0 Å². The molecule has 2 aliphatic rings. The lowest BCUT2D eigenvalue weighted by Crippen LogP contribution is -2.34. The number of aromatic nitrogens is 2. The van der Waals surface area contributed by atoms with E-state index < -0.39 is 9.04 Å². The number of hydrogen-bond acceptors (Lipinski definition) is 4. The van der Waals surface area contributed by atoms with E-state index in [1.807, 2.05) is 25.1 Å². The number of nitrogens with zero attached hydrogens (tertiary/aromatic N) is 2. The number of benzene rings is 1. The molecule has 2 N–H and O–H groups in total. The van der Waals surface area contributed by atoms with Gasteiger partial charge >= 0.3 is 9.04 Å². The summed E-state index contributed by atoms with van der Waals surface area (Å²) in [6.07, 6.45) is 2.29. The molecule has 0 saturated heterocycles. The van der Waals surface area contributed by atoms with Crippen molar-refractivity contribution in [2.45, 2.75) is 70.3 Å². The second-order valence-electron chi connectivity index (χ2n) is 10.5. The first-order valence-corrected chi connectivity index (χ1v) is 14.2. The fraction of sp³-hybridized carbons (Fsp3) is 0.560. The molecule has 7 nitrogen and oxygen atoms in total. The molecule has 1 aromatic heterocycles. The summed E-state index contributed by atoms with van der Waals surface area (Å²) in [5, 5.41) is 11.1. The molecule has 4 rings (SSSR count). The number of carbonyl (C=O) groups excluding carboxylic acids is 2. The number of hydrogen-bond donors (Lipinski definition) is 2. The molecular formula is C25H34ClN4O3Si+. The van der Waals surface area contributed by atoms with Crippen LogP contribution in [0.1, 0.15) is 73.1 Å². The molecule has 2 aromatic rings. The van der Waals surface area contributed by atoms with Crippen LogP contribution in [0.3, 0.4) is 0 Å². The number of nitrogens with one attached hydrogen (secondary N) is 2. The van der Waals surface area contributed by atoms with Crippen LogP contribution in [0.4, 0.5) is 0 Å². The van der Waals surface area contributed by atoms with Crippen molar-refractivity contribution in [3.8, 4) is 0 Å². The van der Waals surface area contributed by atoms with Gasteiger partial charge in [-0.1, -0.05) is 23.7 Å². The fourth-order valence-electron chi connectivity index (χ4n) is 4.76. The predicted octanol–water partition coefficient (Wildman–Crippen LogP) is 4.45. The van der Waals surface area contributed by atoms with Gasteiger partial charge in [0.2, 0.25) is 0 Å². The molecule has 0 spiro atoms. The Balaban J connectivity index is 1.46. The Morgan fingerprint density at radius 1 is 1.21 bits per heavy atom. The van der Waals surface area contributed by atoms with Gasteiger partial charge in [-0.25, -0.2) is 4.43 Å². The van der Waals surface area contributed by atoms with Gasteiger partial charge in [0.1, 0.15) is 10.7 Å². The summed E-state index contributed by atoms with van der Waals surface area (Å²) in [6.45, 7) is 10.9. The average Bonchev–Trinajstić information content (AvgIpc) is 3.14. The van der Waals surface area contributed by atoms with Crippen LogP contribution in [-0.2, 0) is 4.43 Å². The molecule has 1 aromatic carbocycles. The molecule has 2 unspecified atom stereocenters. The van der Waals surface area contributed by atoms with Gasteiger partial charge in [-0.2, -0.15) is 5.10 Å². The van der Waals surface area contributed by atoms with Crippen LogP contribution < -0.4 is 10.6 Å². The molecule has 2 saturated carbocycles. The van der Waals surface area contributed by atoms with E-state index in [1.54, 1.807) is 23.9 Å². The van der Waals surface area contributed by atoms with Crippen LogP contribution in [0.25, 0.3) is 0 Å². The van der Waals surface area contributed by atoms with Crippen molar-refractivity contribution in [1.82, 2.24) is 20.4 Å². The molecule has 1 heterocycles. The molecule has 0 bridgehead atoms. The van der Waals surface area contributed by atoms with E-state index in [-0.39, 0.29) is 34.6 Å². The monoisotopic (exact) mass is 501 g/mol. The summed E-state index contributed by atoms with van der Waals surface area (Å²) in [4.78, 5) is 25.6. The Hall–Kier alpha value is -2.16. The van der Waals surface area contributed by atoms with Crippen LogP contribution in [0, 0.1) is 11.8 Å². The number of fused-ring (bicyclic) bond motifs is 1. The molecule has 5 atom stereocenters. The normalized spacial score (nSPS) is 24.3. The van der Waals surface area contributed by atoms with Gasteiger partial charge in [0.05, 0.1) is 18.7 Å². The summed E-state index contributed by atoms with van der Waals surface area (Å²) in [7, 11) is 0.678. The summed E-state index contributed by atoms with van der Waals surface area (Å²) in [6, 6.07) is 8.91. The number of carbonyl (C=O) groups is 2. The van der Waals surface area contributed by atoms with Gasteiger partial charge in [-0.05, 0) is 70.1 Å². The van der Waals surface area contributed by atoms with Crippen molar-refractivity contribution >= 4 is 32.5 Å². The summed E-state index contributed by atoms with van der Waals surface area (Å²) in [5.41, 5.74) is 1.49. The highest BCUT2D eigenvalue weighted by Crippen LogP contribution is 2.53. The molecular weight excluding hydrogens is 468 g/mol. The molecule has 2 aliphatic carbocycles. The summed E-state index contributed by atoms with van der Waals surface area (Å²) in [5.74, 6) is 0.390. The molecule has 182 valence electrons. The molecule has 0 aliphatic heterocycles. The van der Waals surface area contributed by atoms with Crippen molar-refractivity contribution in [3.05, 3.63) is 52.3 Å². The number of amides is 2. The van der Waals surface area contributed by atoms with Gasteiger partial charge < -0.3 is 10.6 Å². The molecule has 0 radical (unpaired) electrons. The van der Waals surface area contributed by atoms with Crippen LogP contribution in [0.2, 0.25) is 16.6 Å². The largest absolute Gasteiger partial charge is 0.475 e. The quantitative estimate of drug-likeness (QED) is 0.549. The van der Waals surface area contributed by atoms with Crippen LogP contribution in [0.5, 0.6) is 0 Å². The Morgan fingerprint density at radius 2 is 1.88 bits per heavy atom. The number of rotatable bonds is 7. The minimum absolute atomic E-state index is 0.155. The number of halogens is 1. The van der Waals surface area contributed by atoms with E-state index in [2.05, 4.69) is 43.1 Å². The smallest absolute Gasteiger partial charge is 0.354 e. The summed E-state index contributed by atoms with van der Waals surface area (Å²) < 4.78 is 8.00. The van der Waals surface area contributed by atoms with Gasteiger partial charge in [0.15, 0.2) is 5.69 Å².